The minimum absolute atomic E-state index is 0.0156. The van der Waals surface area contributed by atoms with E-state index in [-0.39, 0.29) is 17.3 Å². The van der Waals surface area contributed by atoms with Crippen LogP contribution in [0.1, 0.15) is 35.6 Å². The summed E-state index contributed by atoms with van der Waals surface area (Å²) in [6.07, 6.45) is 3.38. The summed E-state index contributed by atoms with van der Waals surface area (Å²) in [7, 11) is 0. The Balaban J connectivity index is 1.77. The maximum Gasteiger partial charge on any atom is 0.337 e. The maximum atomic E-state index is 13.3. The zero-order chi connectivity index (χ0) is 20.1. The van der Waals surface area contributed by atoms with E-state index < -0.39 is 0 Å². The Kier molecular flexibility index (Phi) is 4.01. The van der Waals surface area contributed by atoms with Gasteiger partial charge < -0.3 is 4.57 Å². The number of benzene rings is 2. The van der Waals surface area contributed by atoms with E-state index >= 15 is 0 Å². The van der Waals surface area contributed by atoms with Crippen LogP contribution in [0.3, 0.4) is 0 Å². The van der Waals surface area contributed by atoms with Crippen LogP contribution in [0, 0.1) is 13.8 Å². The summed E-state index contributed by atoms with van der Waals surface area (Å²) in [5.74, 6) is 0. The number of imidazole rings is 1. The van der Waals surface area contributed by atoms with Gasteiger partial charge in [-0.05, 0) is 49.9 Å². The van der Waals surface area contributed by atoms with Crippen LogP contribution in [0.25, 0.3) is 16.9 Å². The third-order valence-electron chi connectivity index (χ3n) is 5.49. The predicted molar refractivity (Wildman–Crippen MR) is 113 cm³/mol. The molecular weight excluding hydrogens is 364 g/mol. The molecule has 0 radical (unpaired) electrons. The van der Waals surface area contributed by atoms with Crippen molar-refractivity contribution in [3.8, 4) is 5.69 Å². The van der Waals surface area contributed by atoms with Crippen molar-refractivity contribution in [2.75, 3.05) is 0 Å². The molecule has 1 aliphatic rings. The lowest BCUT2D eigenvalue weighted by molar-refractivity contribution is 0.639. The first-order valence-corrected chi connectivity index (χ1v) is 9.88. The van der Waals surface area contributed by atoms with Gasteiger partial charge in [0.2, 0.25) is 0 Å². The Hall–Kier alpha value is -3.41. The molecule has 1 saturated carbocycles. The first-order valence-electron chi connectivity index (χ1n) is 9.88. The van der Waals surface area contributed by atoms with E-state index in [1.165, 1.54) is 10.1 Å². The smallest absolute Gasteiger partial charge is 0.320 e. The molecule has 2 heterocycles. The zero-order valence-electron chi connectivity index (χ0n) is 16.5. The minimum Gasteiger partial charge on any atom is -0.320 e. The molecular formula is C23H22N4O2. The molecule has 29 heavy (non-hydrogen) atoms. The molecule has 2 aromatic carbocycles. The number of hydrogen-bond acceptors (Lipinski definition) is 3. The van der Waals surface area contributed by atoms with Gasteiger partial charge in [0.25, 0.3) is 5.56 Å². The van der Waals surface area contributed by atoms with E-state index in [2.05, 4.69) is 29.2 Å². The van der Waals surface area contributed by atoms with Gasteiger partial charge in [-0.25, -0.2) is 14.3 Å². The Morgan fingerprint density at radius 1 is 1.00 bits per heavy atom. The monoisotopic (exact) mass is 386 g/mol. The number of aryl methyl sites for hydroxylation is 2. The average molecular weight is 386 g/mol. The molecule has 0 amide bonds. The highest BCUT2D eigenvalue weighted by Crippen LogP contribution is 2.32. The molecule has 4 aromatic rings. The summed E-state index contributed by atoms with van der Waals surface area (Å²) in [5, 5.41) is 0. The fraction of sp³-hybridized carbons (Fsp3) is 0.261. The first kappa shape index (κ1) is 17.7. The van der Waals surface area contributed by atoms with Gasteiger partial charge in [-0.2, -0.15) is 0 Å². The van der Waals surface area contributed by atoms with Crippen LogP contribution in [-0.4, -0.2) is 18.7 Å². The fourth-order valence-electron chi connectivity index (χ4n) is 3.82. The molecule has 0 saturated heterocycles. The quantitative estimate of drug-likeness (QED) is 0.540. The molecule has 0 bridgehead atoms. The molecule has 6 nitrogen and oxygen atoms in total. The van der Waals surface area contributed by atoms with Crippen molar-refractivity contribution < 1.29 is 0 Å². The summed E-state index contributed by atoms with van der Waals surface area (Å²) in [6.45, 7) is 4.56. The second-order valence-corrected chi connectivity index (χ2v) is 7.89. The number of fused-ring (bicyclic) bond motifs is 1. The minimum atomic E-state index is -0.309. The largest absolute Gasteiger partial charge is 0.337 e. The number of hydrogen-bond donors (Lipinski definition) is 0. The molecule has 1 aliphatic carbocycles. The Labute approximate surface area is 167 Å². The molecule has 0 spiro atoms. The highest BCUT2D eigenvalue weighted by Gasteiger charge is 2.30. The average Bonchev–Trinajstić information content (AvgIpc) is 3.44. The number of rotatable bonds is 4. The molecule has 2 aromatic heterocycles. The molecule has 6 heteroatoms. The third kappa shape index (κ3) is 3.01. The fourth-order valence-corrected chi connectivity index (χ4v) is 3.82. The van der Waals surface area contributed by atoms with Gasteiger partial charge in [-0.3, -0.25) is 9.36 Å². The van der Waals surface area contributed by atoms with Crippen LogP contribution in [0.4, 0.5) is 0 Å². The lowest BCUT2D eigenvalue weighted by atomic mass is 10.1. The van der Waals surface area contributed by atoms with Gasteiger partial charge in [0, 0.05) is 12.6 Å². The standard InChI is InChI=1S/C23H22N4O2/c1-15-6-8-17(9-7-15)13-25-14-24-21-20(25)22(28)27(18-10-11-18)23(29)26(21)19-5-3-4-16(2)12-19/h3-9,12,14,18H,10-11,13H2,1-2H3. The van der Waals surface area contributed by atoms with Gasteiger partial charge in [-0.15, -0.1) is 0 Å². The van der Waals surface area contributed by atoms with Gasteiger partial charge in [-0.1, -0.05) is 42.0 Å². The molecule has 5 rings (SSSR count). The van der Waals surface area contributed by atoms with E-state index in [1.807, 2.05) is 42.7 Å². The van der Waals surface area contributed by atoms with Crippen molar-refractivity contribution >= 4 is 11.2 Å². The lowest BCUT2D eigenvalue weighted by Crippen LogP contribution is -2.39. The van der Waals surface area contributed by atoms with Gasteiger partial charge >= 0.3 is 5.69 Å². The highest BCUT2D eigenvalue weighted by molar-refractivity contribution is 5.72. The predicted octanol–water partition coefficient (Wildman–Crippen LogP) is 3.35. The second-order valence-electron chi connectivity index (χ2n) is 7.89. The van der Waals surface area contributed by atoms with Crippen molar-refractivity contribution in [1.82, 2.24) is 18.7 Å². The Morgan fingerprint density at radius 3 is 2.45 bits per heavy atom. The van der Waals surface area contributed by atoms with Crippen LogP contribution < -0.4 is 11.2 Å². The van der Waals surface area contributed by atoms with Crippen molar-refractivity contribution in [3.05, 3.63) is 92.4 Å². The maximum absolute atomic E-state index is 13.3. The van der Waals surface area contributed by atoms with Crippen molar-refractivity contribution in [3.63, 3.8) is 0 Å². The van der Waals surface area contributed by atoms with Crippen LogP contribution in [0.2, 0.25) is 0 Å². The number of aromatic nitrogens is 4. The summed E-state index contributed by atoms with van der Waals surface area (Å²) >= 11 is 0. The SMILES string of the molecule is Cc1ccc(Cn2cnc3c2c(=O)n(C2CC2)c(=O)n3-c2cccc(C)c2)cc1. The Morgan fingerprint density at radius 2 is 1.76 bits per heavy atom. The van der Waals surface area contributed by atoms with Crippen molar-refractivity contribution in [2.24, 2.45) is 0 Å². The van der Waals surface area contributed by atoms with E-state index in [4.69, 9.17) is 0 Å². The van der Waals surface area contributed by atoms with E-state index in [1.54, 1.807) is 10.9 Å². The zero-order valence-corrected chi connectivity index (χ0v) is 16.5. The third-order valence-corrected chi connectivity index (χ3v) is 5.49. The molecule has 0 N–H and O–H groups in total. The first-order chi connectivity index (χ1) is 14.0. The molecule has 0 atom stereocenters. The van der Waals surface area contributed by atoms with Gasteiger partial charge in [0.15, 0.2) is 11.2 Å². The van der Waals surface area contributed by atoms with Crippen LogP contribution in [-0.2, 0) is 6.54 Å². The molecule has 1 fully saturated rings. The van der Waals surface area contributed by atoms with Crippen LogP contribution in [0.5, 0.6) is 0 Å². The van der Waals surface area contributed by atoms with Crippen LogP contribution >= 0.6 is 0 Å². The summed E-state index contributed by atoms with van der Waals surface area (Å²) in [6, 6.07) is 15.9. The van der Waals surface area contributed by atoms with Crippen LogP contribution in [0.15, 0.2) is 64.4 Å². The van der Waals surface area contributed by atoms with E-state index in [0.717, 1.165) is 29.7 Å². The van der Waals surface area contributed by atoms with E-state index in [0.29, 0.717) is 17.7 Å². The molecule has 0 aliphatic heterocycles. The van der Waals surface area contributed by atoms with Gasteiger partial charge in [0.1, 0.15) is 0 Å². The summed E-state index contributed by atoms with van der Waals surface area (Å²) in [5.41, 5.74) is 4.38. The summed E-state index contributed by atoms with van der Waals surface area (Å²) < 4.78 is 4.85. The van der Waals surface area contributed by atoms with Crippen molar-refractivity contribution in [1.29, 1.82) is 0 Å². The topological polar surface area (TPSA) is 61.8 Å². The second kappa shape index (κ2) is 6.58. The Bertz CT molecular complexity index is 1340. The lowest BCUT2D eigenvalue weighted by Gasteiger charge is -2.13. The molecule has 0 unspecified atom stereocenters. The number of nitrogens with zero attached hydrogens (tertiary/aromatic N) is 4. The van der Waals surface area contributed by atoms with Crippen molar-refractivity contribution in [2.45, 2.75) is 39.3 Å². The highest BCUT2D eigenvalue weighted by atomic mass is 16.2. The molecule has 146 valence electrons. The van der Waals surface area contributed by atoms with E-state index in [9.17, 15) is 9.59 Å². The van der Waals surface area contributed by atoms with Gasteiger partial charge in [0.05, 0.1) is 12.0 Å². The normalized spacial score (nSPS) is 13.9. The summed E-state index contributed by atoms with van der Waals surface area (Å²) in [4.78, 5) is 31.1.